The molecule has 44 heavy (non-hydrogen) atoms. The number of halogens is 10. The molecular formula is C29H34F10NO3S+. The van der Waals surface area contributed by atoms with Gasteiger partial charge in [0.2, 0.25) is 0 Å². The van der Waals surface area contributed by atoms with Gasteiger partial charge in [-0.3, -0.25) is 4.55 Å². The van der Waals surface area contributed by atoms with Gasteiger partial charge >= 0.3 is 24.2 Å². The molecule has 0 unspecified atom stereocenters. The molecule has 15 heteroatoms. The Balaban J connectivity index is 0.000000340. The Bertz CT molecular complexity index is 1420. The topological polar surface area (TPSA) is 54.4 Å². The van der Waals surface area contributed by atoms with Gasteiger partial charge in [0.15, 0.2) is 0 Å². The first kappa shape index (κ1) is 36.1. The molecule has 0 radical (unpaired) electrons. The number of quaternary nitrogens is 1. The molecule has 248 valence electrons. The monoisotopic (exact) mass is 666 g/mol. The smallest absolute Gasteiger partial charge is 0.324 e. The van der Waals surface area contributed by atoms with Crippen molar-refractivity contribution in [2.45, 2.75) is 87.9 Å². The summed E-state index contributed by atoms with van der Waals surface area (Å²) in [5.41, 5.74) is -7.91. The highest BCUT2D eigenvalue weighted by atomic mass is 32.2. The zero-order valence-corrected chi connectivity index (χ0v) is 24.9. The van der Waals surface area contributed by atoms with E-state index in [4.69, 9.17) is 0 Å². The summed E-state index contributed by atoms with van der Waals surface area (Å²) in [5.74, 6) is -12.8. The minimum Gasteiger partial charge on any atom is -0.324 e. The summed E-state index contributed by atoms with van der Waals surface area (Å²) in [6.07, 6.45) is -5.54. The van der Waals surface area contributed by atoms with E-state index in [-0.39, 0.29) is 17.2 Å². The summed E-state index contributed by atoms with van der Waals surface area (Å²) in [7, 11) is -6.13. The average Bonchev–Trinajstić information content (AvgIpc) is 3.28. The van der Waals surface area contributed by atoms with E-state index in [1.54, 1.807) is 0 Å². The summed E-state index contributed by atoms with van der Waals surface area (Å²) in [5, 5.41) is 0. The zero-order chi connectivity index (χ0) is 33.4. The van der Waals surface area contributed by atoms with Crippen LogP contribution >= 0.6 is 0 Å². The van der Waals surface area contributed by atoms with Crippen molar-refractivity contribution in [2.75, 3.05) is 26.2 Å². The molecule has 1 aliphatic heterocycles. The van der Waals surface area contributed by atoms with Crippen LogP contribution in [0, 0.1) is 0 Å². The number of rotatable bonds is 8. The summed E-state index contributed by atoms with van der Waals surface area (Å²) >= 11 is 0. The fourth-order valence-corrected chi connectivity index (χ4v) is 7.08. The van der Waals surface area contributed by atoms with E-state index in [1.807, 2.05) is 0 Å². The van der Waals surface area contributed by atoms with Crippen molar-refractivity contribution in [3.05, 3.63) is 52.6 Å². The minimum atomic E-state index is -6.76. The summed E-state index contributed by atoms with van der Waals surface area (Å²) in [6.45, 7) is 10.5. The maximum Gasteiger partial charge on any atom is 0.458 e. The second kappa shape index (κ2) is 12.8. The number of nitrogens with zero attached hydrogens (tertiary/aromatic N) is 1. The molecule has 1 fully saturated rings. The first-order valence-corrected chi connectivity index (χ1v) is 15.6. The second-order valence-electron chi connectivity index (χ2n) is 11.3. The largest absolute Gasteiger partial charge is 0.458 e. The normalized spacial score (nSPS) is 17.0. The quantitative estimate of drug-likeness (QED) is 0.148. The first-order valence-electron chi connectivity index (χ1n) is 14.2. The maximum atomic E-state index is 14.2. The minimum absolute atomic E-state index is 0.0520. The van der Waals surface area contributed by atoms with Gasteiger partial charge in [-0.1, -0.05) is 44.5 Å². The molecule has 0 aromatic heterocycles. The third kappa shape index (κ3) is 7.04. The molecule has 0 saturated carbocycles. The van der Waals surface area contributed by atoms with Crippen LogP contribution in [0.25, 0.3) is 11.1 Å². The molecule has 1 N–H and O–H groups in total. The SMILES string of the molecule is CCCC[N+]1(CCC)CCCCC1.O=S(=O)(O)c1c2c(cc(C(F)(F)C(F)(F)F)c1C(F)(F)C(F)(F)F)-c1ccccc1C2. The number of hydrogen-bond acceptors (Lipinski definition) is 2. The predicted molar refractivity (Wildman–Crippen MR) is 143 cm³/mol. The van der Waals surface area contributed by atoms with E-state index in [0.29, 0.717) is 0 Å². The molecule has 4 rings (SSSR count). The van der Waals surface area contributed by atoms with Crippen LogP contribution in [0.1, 0.15) is 74.6 Å². The van der Waals surface area contributed by atoms with Gasteiger partial charge in [0.25, 0.3) is 10.1 Å². The zero-order valence-electron chi connectivity index (χ0n) is 24.1. The number of fused-ring (bicyclic) bond motifs is 3. The number of unbranched alkanes of at least 4 members (excludes halogenated alkanes) is 1. The lowest BCUT2D eigenvalue weighted by atomic mass is 9.90. The molecule has 1 saturated heterocycles. The average molecular weight is 667 g/mol. The van der Waals surface area contributed by atoms with Crippen molar-refractivity contribution < 1.29 is 61.4 Å². The lowest BCUT2D eigenvalue weighted by molar-refractivity contribution is -0.932. The van der Waals surface area contributed by atoms with E-state index in [1.165, 1.54) is 87.4 Å². The van der Waals surface area contributed by atoms with Crippen LogP contribution in [0.2, 0.25) is 0 Å². The van der Waals surface area contributed by atoms with E-state index in [2.05, 4.69) is 13.8 Å². The molecule has 4 nitrogen and oxygen atoms in total. The Morgan fingerprint density at radius 2 is 1.34 bits per heavy atom. The molecule has 0 spiro atoms. The Hall–Kier alpha value is -2.39. The van der Waals surface area contributed by atoms with Gasteiger partial charge in [0.1, 0.15) is 4.90 Å². The Labute approximate surface area is 249 Å². The predicted octanol–water partition coefficient (Wildman–Crippen LogP) is 9.01. The van der Waals surface area contributed by atoms with Crippen LogP contribution in [-0.4, -0.2) is 56.0 Å². The highest BCUT2D eigenvalue weighted by Gasteiger charge is 2.67. The third-order valence-electron chi connectivity index (χ3n) is 8.13. The van der Waals surface area contributed by atoms with Crippen molar-refractivity contribution >= 4 is 10.1 Å². The molecule has 2 aromatic rings. The van der Waals surface area contributed by atoms with Gasteiger partial charge in [-0.25, -0.2) is 0 Å². The van der Waals surface area contributed by atoms with Crippen LogP contribution in [-0.2, 0) is 28.4 Å². The highest BCUT2D eigenvalue weighted by Crippen LogP contribution is 2.56. The number of benzene rings is 2. The van der Waals surface area contributed by atoms with Crippen LogP contribution in [0.15, 0.2) is 35.2 Å². The second-order valence-corrected chi connectivity index (χ2v) is 12.6. The highest BCUT2D eigenvalue weighted by molar-refractivity contribution is 7.86. The van der Waals surface area contributed by atoms with Gasteiger partial charge in [-0.15, -0.1) is 0 Å². The van der Waals surface area contributed by atoms with Gasteiger partial charge in [0, 0.05) is 12.0 Å². The van der Waals surface area contributed by atoms with Gasteiger partial charge in [0.05, 0.1) is 31.7 Å². The Morgan fingerprint density at radius 1 is 0.773 bits per heavy atom. The van der Waals surface area contributed by atoms with Crippen LogP contribution in [0.4, 0.5) is 43.9 Å². The van der Waals surface area contributed by atoms with Crippen molar-refractivity contribution in [3.63, 3.8) is 0 Å². The summed E-state index contributed by atoms with van der Waals surface area (Å²) in [4.78, 5) is -2.33. The van der Waals surface area contributed by atoms with Crippen LogP contribution < -0.4 is 0 Å². The van der Waals surface area contributed by atoms with E-state index in [0.717, 1.165) is 6.07 Å². The van der Waals surface area contributed by atoms with E-state index >= 15 is 0 Å². The van der Waals surface area contributed by atoms with Crippen molar-refractivity contribution in [1.82, 2.24) is 0 Å². The van der Waals surface area contributed by atoms with Crippen LogP contribution in [0.5, 0.6) is 0 Å². The van der Waals surface area contributed by atoms with E-state index in [9.17, 15) is 56.9 Å². The number of alkyl halides is 10. The lowest BCUT2D eigenvalue weighted by Gasteiger charge is -2.41. The van der Waals surface area contributed by atoms with Gasteiger partial charge in [-0.2, -0.15) is 52.3 Å². The molecule has 0 bridgehead atoms. The molecule has 2 aliphatic rings. The van der Waals surface area contributed by atoms with Crippen molar-refractivity contribution in [3.8, 4) is 11.1 Å². The maximum absolute atomic E-state index is 14.2. The van der Waals surface area contributed by atoms with E-state index < -0.39 is 67.9 Å². The summed E-state index contributed by atoms with van der Waals surface area (Å²) in [6, 6.07) is 4.69. The lowest BCUT2D eigenvalue weighted by Crippen LogP contribution is -2.52. The molecule has 1 aliphatic carbocycles. The molecule has 0 amide bonds. The third-order valence-corrected chi connectivity index (χ3v) is 9.10. The number of likely N-dealkylation sites (tertiary alicyclic amines) is 1. The fraction of sp³-hybridized carbons (Fsp3) is 0.586. The number of hydrogen-bond donors (Lipinski definition) is 1. The van der Waals surface area contributed by atoms with Crippen LogP contribution in [0.3, 0.4) is 0 Å². The fourth-order valence-electron chi connectivity index (χ4n) is 6.09. The molecular weight excluding hydrogens is 632 g/mol. The molecule has 1 heterocycles. The Kier molecular flexibility index (Phi) is 10.5. The Morgan fingerprint density at radius 3 is 1.84 bits per heavy atom. The number of piperidine rings is 1. The van der Waals surface area contributed by atoms with Gasteiger partial charge < -0.3 is 4.48 Å². The first-order chi connectivity index (χ1) is 20.1. The van der Waals surface area contributed by atoms with Crippen molar-refractivity contribution in [1.29, 1.82) is 0 Å². The van der Waals surface area contributed by atoms with Gasteiger partial charge in [-0.05, 0) is 60.4 Å². The molecule has 2 aromatic carbocycles. The standard InChI is InChI=1S/C17H8F10O3S.C12H26N/c18-14(19,16(22,23)24)11-6-9-8-4-2-1-3-7(8)5-10(9)13(31(28,29)30)12(11)15(20,21)17(25,26)27;1-3-5-10-13(9-4-2)11-7-6-8-12-13/h1-4,6H,5H2,(H,28,29,30);3-12H2,1-2H3/q;+1. The molecule has 0 atom stereocenters. The van der Waals surface area contributed by atoms with Crippen molar-refractivity contribution in [2.24, 2.45) is 0 Å². The summed E-state index contributed by atoms with van der Waals surface area (Å²) < 4.78 is 169.